The van der Waals surface area contributed by atoms with Crippen molar-refractivity contribution in [1.82, 2.24) is 14.7 Å². The highest BCUT2D eigenvalue weighted by Crippen LogP contribution is 2.30. The molecule has 0 radical (unpaired) electrons. The van der Waals surface area contributed by atoms with Crippen LogP contribution < -0.4 is 5.32 Å². The van der Waals surface area contributed by atoms with Crippen molar-refractivity contribution in [2.75, 3.05) is 18.5 Å². The van der Waals surface area contributed by atoms with E-state index < -0.39 is 0 Å². The molecule has 6 heteroatoms. The van der Waals surface area contributed by atoms with Gasteiger partial charge in [-0.1, -0.05) is 24.3 Å². The first kappa shape index (κ1) is 16.5. The van der Waals surface area contributed by atoms with Gasteiger partial charge in [-0.15, -0.1) is 0 Å². The van der Waals surface area contributed by atoms with Crippen molar-refractivity contribution in [2.24, 2.45) is 0 Å². The van der Waals surface area contributed by atoms with E-state index in [-0.39, 0.29) is 18.7 Å². The molecule has 2 amide bonds. The summed E-state index contributed by atoms with van der Waals surface area (Å²) in [5.41, 5.74) is 4.74. The fourth-order valence-electron chi connectivity index (χ4n) is 3.46. The molecule has 0 spiro atoms. The molecule has 1 unspecified atom stereocenters. The number of hydrogen-bond acceptors (Lipinski definition) is 3. The van der Waals surface area contributed by atoms with Gasteiger partial charge in [-0.2, -0.15) is 5.10 Å². The van der Waals surface area contributed by atoms with Gasteiger partial charge in [0, 0.05) is 13.1 Å². The number of carbonyl (C=O) groups excluding carboxylic acids is 1. The van der Waals surface area contributed by atoms with Crippen LogP contribution in [-0.2, 0) is 13.0 Å². The summed E-state index contributed by atoms with van der Waals surface area (Å²) in [5.74, 6) is 0. The molecule has 1 atom stereocenters. The van der Waals surface area contributed by atoms with Gasteiger partial charge in [-0.05, 0) is 38.3 Å². The quantitative estimate of drug-likeness (QED) is 0.910. The lowest BCUT2D eigenvalue weighted by Crippen LogP contribution is -2.44. The number of rotatable bonds is 3. The summed E-state index contributed by atoms with van der Waals surface area (Å²) in [6.07, 6.45) is 0.798. The molecule has 128 valence electrons. The molecule has 0 fully saturated rings. The van der Waals surface area contributed by atoms with Gasteiger partial charge >= 0.3 is 6.03 Å². The number of hydrogen-bond donors (Lipinski definition) is 2. The molecule has 6 nitrogen and oxygen atoms in total. The van der Waals surface area contributed by atoms with E-state index in [0.29, 0.717) is 6.54 Å². The van der Waals surface area contributed by atoms with Crippen molar-refractivity contribution in [3.05, 3.63) is 46.8 Å². The molecule has 0 aliphatic carbocycles. The number of nitrogens with zero attached hydrogens (tertiary/aromatic N) is 3. The number of aliphatic hydroxyl groups excluding tert-OH is 1. The average molecular weight is 328 g/mol. The highest BCUT2D eigenvalue weighted by molar-refractivity contribution is 5.91. The van der Waals surface area contributed by atoms with Crippen LogP contribution >= 0.6 is 0 Å². The predicted octanol–water partition coefficient (Wildman–Crippen LogP) is 2.64. The molecule has 3 rings (SSSR count). The summed E-state index contributed by atoms with van der Waals surface area (Å²) < 4.78 is 1.87. The molecule has 0 saturated carbocycles. The maximum Gasteiger partial charge on any atom is 0.322 e. The fourth-order valence-corrected chi connectivity index (χ4v) is 3.46. The topological polar surface area (TPSA) is 70.4 Å². The minimum absolute atomic E-state index is 0.0867. The molecule has 0 bridgehead atoms. The number of fused-ring (bicyclic) bond motifs is 1. The van der Waals surface area contributed by atoms with Crippen LogP contribution in [0, 0.1) is 13.8 Å². The average Bonchev–Trinajstić information content (AvgIpc) is 2.88. The maximum absolute atomic E-state index is 12.8. The first-order chi connectivity index (χ1) is 11.6. The number of aliphatic hydroxyl groups is 1. The Bertz CT molecular complexity index is 753. The number of urea groups is 1. The molecule has 24 heavy (non-hydrogen) atoms. The van der Waals surface area contributed by atoms with E-state index in [9.17, 15) is 9.90 Å². The number of aryl methyl sites for hydroxylation is 2. The lowest BCUT2D eigenvalue weighted by Gasteiger charge is -2.36. The summed E-state index contributed by atoms with van der Waals surface area (Å²) >= 11 is 0. The monoisotopic (exact) mass is 328 g/mol. The Hall–Kier alpha value is -2.34. The Morgan fingerprint density at radius 3 is 2.79 bits per heavy atom. The number of anilines is 1. The summed E-state index contributed by atoms with van der Waals surface area (Å²) in [6.45, 7) is 7.13. The van der Waals surface area contributed by atoms with E-state index in [0.717, 1.165) is 35.6 Å². The smallest absolute Gasteiger partial charge is 0.322 e. The van der Waals surface area contributed by atoms with E-state index in [2.05, 4.69) is 16.5 Å². The Morgan fingerprint density at radius 2 is 2.12 bits per heavy atom. The summed E-state index contributed by atoms with van der Waals surface area (Å²) in [6, 6.07) is 7.49. The summed E-state index contributed by atoms with van der Waals surface area (Å²) in [7, 11) is 0. The van der Waals surface area contributed by atoms with Gasteiger partial charge in [0.15, 0.2) is 0 Å². The molecular formula is C18H24N4O2. The van der Waals surface area contributed by atoms with Crippen LogP contribution in [0.5, 0.6) is 0 Å². The zero-order valence-electron chi connectivity index (χ0n) is 14.4. The van der Waals surface area contributed by atoms with Crippen LogP contribution in [0.2, 0.25) is 0 Å². The molecule has 1 aliphatic heterocycles. The second-order valence-corrected chi connectivity index (χ2v) is 6.13. The van der Waals surface area contributed by atoms with Crippen molar-refractivity contribution < 1.29 is 9.90 Å². The molecule has 2 N–H and O–H groups in total. The highest BCUT2D eigenvalue weighted by Gasteiger charge is 2.30. The Labute approximate surface area is 142 Å². The molecule has 1 aromatic carbocycles. The third kappa shape index (κ3) is 2.78. The van der Waals surface area contributed by atoms with Gasteiger partial charge in [0.05, 0.1) is 29.7 Å². The third-order valence-electron chi connectivity index (χ3n) is 4.76. The van der Waals surface area contributed by atoms with Gasteiger partial charge in [-0.3, -0.25) is 4.68 Å². The van der Waals surface area contributed by atoms with Gasteiger partial charge in [0.2, 0.25) is 0 Å². The zero-order valence-corrected chi connectivity index (χ0v) is 14.4. The lowest BCUT2D eigenvalue weighted by atomic mass is 9.93. The SMILES string of the molecule is CCn1nc(C)c(NC(=O)N2CCc3ccccc3C2CO)c1C. The fraction of sp³-hybridized carbons (Fsp3) is 0.444. The van der Waals surface area contributed by atoms with E-state index in [1.54, 1.807) is 4.90 Å². The van der Waals surface area contributed by atoms with Crippen LogP contribution in [0.1, 0.15) is 35.5 Å². The molecule has 1 aromatic heterocycles. The van der Waals surface area contributed by atoms with E-state index in [1.165, 1.54) is 5.56 Å². The Morgan fingerprint density at radius 1 is 1.38 bits per heavy atom. The van der Waals surface area contributed by atoms with E-state index in [4.69, 9.17) is 0 Å². The van der Waals surface area contributed by atoms with Gasteiger partial charge < -0.3 is 15.3 Å². The Kier molecular flexibility index (Phi) is 4.57. The molecule has 0 saturated heterocycles. The highest BCUT2D eigenvalue weighted by atomic mass is 16.3. The Balaban J connectivity index is 1.84. The van der Waals surface area contributed by atoms with Crippen molar-refractivity contribution in [1.29, 1.82) is 0 Å². The molecule has 1 aliphatic rings. The van der Waals surface area contributed by atoms with Gasteiger partial charge in [-0.25, -0.2) is 4.79 Å². The molecule has 2 heterocycles. The second-order valence-electron chi connectivity index (χ2n) is 6.13. The van der Waals surface area contributed by atoms with Crippen LogP contribution in [0.15, 0.2) is 24.3 Å². The lowest BCUT2D eigenvalue weighted by molar-refractivity contribution is 0.135. The van der Waals surface area contributed by atoms with Crippen molar-refractivity contribution >= 4 is 11.7 Å². The molecule has 2 aromatic rings. The van der Waals surface area contributed by atoms with Crippen LogP contribution in [0.4, 0.5) is 10.5 Å². The standard InChI is InChI=1S/C18H24N4O2/c1-4-22-13(3)17(12(2)20-22)19-18(24)21-10-9-14-7-5-6-8-15(14)16(21)11-23/h5-8,16,23H,4,9-11H2,1-3H3,(H,19,24). The van der Waals surface area contributed by atoms with E-state index in [1.807, 2.05) is 43.7 Å². The van der Waals surface area contributed by atoms with Crippen molar-refractivity contribution in [3.63, 3.8) is 0 Å². The number of carbonyl (C=O) groups is 1. The minimum atomic E-state index is -0.309. The van der Waals surface area contributed by atoms with E-state index >= 15 is 0 Å². The summed E-state index contributed by atoms with van der Waals surface area (Å²) in [5, 5.41) is 17.3. The maximum atomic E-state index is 12.8. The van der Waals surface area contributed by atoms with Gasteiger partial charge in [0.25, 0.3) is 0 Å². The third-order valence-corrected chi connectivity index (χ3v) is 4.76. The van der Waals surface area contributed by atoms with Crippen molar-refractivity contribution in [3.8, 4) is 0 Å². The van der Waals surface area contributed by atoms with Crippen LogP contribution in [0.3, 0.4) is 0 Å². The summed E-state index contributed by atoms with van der Waals surface area (Å²) in [4.78, 5) is 14.5. The predicted molar refractivity (Wildman–Crippen MR) is 93.1 cm³/mol. The number of nitrogens with one attached hydrogen (secondary N) is 1. The molecular weight excluding hydrogens is 304 g/mol. The normalized spacial score (nSPS) is 16.8. The van der Waals surface area contributed by atoms with Crippen LogP contribution in [-0.4, -0.2) is 39.0 Å². The van der Waals surface area contributed by atoms with Gasteiger partial charge in [0.1, 0.15) is 0 Å². The first-order valence-electron chi connectivity index (χ1n) is 8.37. The number of amides is 2. The minimum Gasteiger partial charge on any atom is -0.394 e. The van der Waals surface area contributed by atoms with Crippen LogP contribution in [0.25, 0.3) is 0 Å². The first-order valence-corrected chi connectivity index (χ1v) is 8.37. The number of aromatic nitrogens is 2. The largest absolute Gasteiger partial charge is 0.394 e. The number of benzene rings is 1. The second kappa shape index (κ2) is 6.65. The zero-order chi connectivity index (χ0) is 17.3. The van der Waals surface area contributed by atoms with Crippen molar-refractivity contribution in [2.45, 2.75) is 39.8 Å².